The minimum absolute atomic E-state index is 0.289. The minimum atomic E-state index is -1.28. The molecule has 1 aromatic rings. The van der Waals surface area contributed by atoms with Crippen molar-refractivity contribution in [2.45, 2.75) is 6.04 Å². The van der Waals surface area contributed by atoms with E-state index in [9.17, 15) is 9.59 Å². The molecule has 2 N–H and O–H groups in total. The number of hydrogen-bond donors (Lipinski definition) is 2. The van der Waals surface area contributed by atoms with E-state index >= 15 is 0 Å². The molecule has 13 heavy (non-hydrogen) atoms. The fourth-order valence-electron chi connectivity index (χ4n) is 0.608. The summed E-state index contributed by atoms with van der Waals surface area (Å²) in [7, 11) is 0. The third-order valence-corrected chi connectivity index (χ3v) is 2.20. The number of carbonyl (C=O) groups excluding carboxylic acids is 1. The topological polar surface area (TPSA) is 79.3 Å². The van der Waals surface area contributed by atoms with Gasteiger partial charge in [-0.05, 0) is 0 Å². The second-order valence-electron chi connectivity index (χ2n) is 2.07. The Bertz CT molecular complexity index is 327. The Morgan fingerprint density at radius 2 is 2.54 bits per heavy atom. The molecule has 0 fully saturated rings. The van der Waals surface area contributed by atoms with Gasteiger partial charge in [-0.2, -0.15) is 0 Å². The van der Waals surface area contributed by atoms with E-state index in [1.165, 1.54) is 6.20 Å². The molecule has 0 aliphatic carbocycles. The van der Waals surface area contributed by atoms with Crippen LogP contribution in [0.3, 0.4) is 0 Å². The number of aldehydes is 1. The summed E-state index contributed by atoms with van der Waals surface area (Å²) in [6, 6.07) is -1.28. The van der Waals surface area contributed by atoms with Gasteiger partial charge in [0.1, 0.15) is 4.34 Å². The van der Waals surface area contributed by atoms with Gasteiger partial charge in [-0.15, -0.1) is 0 Å². The Morgan fingerprint density at radius 3 is 2.92 bits per heavy atom. The number of thiazole rings is 1. The van der Waals surface area contributed by atoms with Crippen LogP contribution in [0.4, 0.5) is 5.13 Å². The molecule has 7 heteroatoms. The van der Waals surface area contributed by atoms with E-state index in [1.807, 2.05) is 0 Å². The molecular weight excluding hydrogens is 216 g/mol. The molecule has 0 aliphatic rings. The van der Waals surface area contributed by atoms with E-state index in [2.05, 4.69) is 10.3 Å². The van der Waals surface area contributed by atoms with Gasteiger partial charge in [-0.1, -0.05) is 22.9 Å². The Hall–Kier alpha value is -1.14. The van der Waals surface area contributed by atoms with Crippen LogP contribution in [0.15, 0.2) is 6.20 Å². The van der Waals surface area contributed by atoms with Crippen LogP contribution in [0.2, 0.25) is 4.34 Å². The SMILES string of the molecule is O=CC(Nc1ncc(Cl)s1)C(=O)O. The highest BCUT2D eigenvalue weighted by Gasteiger charge is 2.16. The summed E-state index contributed by atoms with van der Waals surface area (Å²) in [5.41, 5.74) is 0. The first-order valence-corrected chi connectivity index (χ1v) is 4.39. The van der Waals surface area contributed by atoms with Crippen molar-refractivity contribution < 1.29 is 14.7 Å². The number of anilines is 1. The summed E-state index contributed by atoms with van der Waals surface area (Å²) in [5, 5.41) is 11.2. The minimum Gasteiger partial charge on any atom is -0.479 e. The van der Waals surface area contributed by atoms with E-state index in [0.29, 0.717) is 9.47 Å². The molecule has 0 aliphatic heterocycles. The van der Waals surface area contributed by atoms with Crippen LogP contribution >= 0.6 is 22.9 Å². The van der Waals surface area contributed by atoms with Crippen molar-refractivity contribution in [3.63, 3.8) is 0 Å². The second kappa shape index (κ2) is 4.20. The first-order chi connectivity index (χ1) is 6.13. The van der Waals surface area contributed by atoms with E-state index in [-0.39, 0.29) is 6.29 Å². The number of nitrogens with zero attached hydrogens (tertiary/aromatic N) is 1. The van der Waals surface area contributed by atoms with Crippen molar-refractivity contribution in [3.8, 4) is 0 Å². The van der Waals surface area contributed by atoms with Crippen LogP contribution in [-0.2, 0) is 9.59 Å². The molecule has 1 atom stereocenters. The Balaban J connectivity index is 2.67. The van der Waals surface area contributed by atoms with E-state index < -0.39 is 12.0 Å². The lowest BCUT2D eigenvalue weighted by atomic mass is 10.3. The van der Waals surface area contributed by atoms with Crippen molar-refractivity contribution in [1.29, 1.82) is 0 Å². The predicted molar refractivity (Wildman–Crippen MR) is 48.2 cm³/mol. The first kappa shape index (κ1) is 9.94. The van der Waals surface area contributed by atoms with E-state index in [0.717, 1.165) is 11.3 Å². The van der Waals surface area contributed by atoms with Crippen LogP contribution in [0.5, 0.6) is 0 Å². The first-order valence-electron chi connectivity index (χ1n) is 3.19. The molecule has 1 unspecified atom stereocenters. The second-order valence-corrected chi connectivity index (χ2v) is 3.73. The number of halogens is 1. The van der Waals surface area contributed by atoms with Crippen LogP contribution in [-0.4, -0.2) is 28.4 Å². The van der Waals surface area contributed by atoms with Gasteiger partial charge in [0.15, 0.2) is 17.5 Å². The zero-order valence-electron chi connectivity index (χ0n) is 6.23. The lowest BCUT2D eigenvalue weighted by Gasteiger charge is -2.04. The largest absolute Gasteiger partial charge is 0.479 e. The van der Waals surface area contributed by atoms with Crippen LogP contribution < -0.4 is 5.32 Å². The zero-order chi connectivity index (χ0) is 9.84. The number of carboxylic acids is 1. The number of hydrogen-bond acceptors (Lipinski definition) is 5. The summed E-state index contributed by atoms with van der Waals surface area (Å²) < 4.78 is 0.428. The number of aliphatic carboxylic acids is 1. The van der Waals surface area contributed by atoms with E-state index in [1.54, 1.807) is 0 Å². The summed E-state index contributed by atoms with van der Waals surface area (Å²) in [6.45, 7) is 0. The maximum Gasteiger partial charge on any atom is 0.333 e. The van der Waals surface area contributed by atoms with Gasteiger partial charge in [-0.3, -0.25) is 0 Å². The molecule has 0 saturated carbocycles. The van der Waals surface area contributed by atoms with Crippen molar-refractivity contribution in [2.75, 3.05) is 5.32 Å². The number of nitrogens with one attached hydrogen (secondary N) is 1. The Labute approximate surface area is 82.4 Å². The fraction of sp³-hybridized carbons (Fsp3) is 0.167. The van der Waals surface area contributed by atoms with Gasteiger partial charge in [0.2, 0.25) is 0 Å². The normalized spacial score (nSPS) is 12.1. The van der Waals surface area contributed by atoms with Crippen LogP contribution in [0.1, 0.15) is 0 Å². The third kappa shape index (κ3) is 2.67. The molecule has 1 rings (SSSR count). The molecule has 0 aromatic carbocycles. The highest BCUT2D eigenvalue weighted by Crippen LogP contribution is 2.22. The maximum atomic E-state index is 10.4. The number of carbonyl (C=O) groups is 2. The predicted octanol–water partition coefficient (Wildman–Crippen LogP) is 0.860. The van der Waals surface area contributed by atoms with Gasteiger partial charge in [0, 0.05) is 0 Å². The zero-order valence-corrected chi connectivity index (χ0v) is 7.80. The van der Waals surface area contributed by atoms with Gasteiger partial charge in [-0.25, -0.2) is 9.78 Å². The van der Waals surface area contributed by atoms with Gasteiger partial charge < -0.3 is 15.2 Å². The molecule has 70 valence electrons. The van der Waals surface area contributed by atoms with Crippen molar-refractivity contribution >= 4 is 40.3 Å². The van der Waals surface area contributed by atoms with Crippen molar-refractivity contribution in [1.82, 2.24) is 4.98 Å². The molecule has 5 nitrogen and oxygen atoms in total. The highest BCUT2D eigenvalue weighted by atomic mass is 35.5. The fourth-order valence-corrected chi connectivity index (χ4v) is 1.46. The highest BCUT2D eigenvalue weighted by molar-refractivity contribution is 7.19. The molecule has 0 bridgehead atoms. The molecule has 0 spiro atoms. The third-order valence-electron chi connectivity index (χ3n) is 1.16. The monoisotopic (exact) mass is 220 g/mol. The van der Waals surface area contributed by atoms with Crippen molar-refractivity contribution in [2.24, 2.45) is 0 Å². The van der Waals surface area contributed by atoms with Gasteiger partial charge >= 0.3 is 5.97 Å². The smallest absolute Gasteiger partial charge is 0.333 e. The molecular formula is C6H5ClN2O3S. The number of aromatic nitrogens is 1. The van der Waals surface area contributed by atoms with Gasteiger partial charge in [0.05, 0.1) is 6.20 Å². The molecule has 1 heterocycles. The lowest BCUT2D eigenvalue weighted by Crippen LogP contribution is -2.30. The molecule has 1 aromatic heterocycles. The summed E-state index contributed by atoms with van der Waals surface area (Å²) in [4.78, 5) is 24.4. The lowest BCUT2D eigenvalue weighted by molar-refractivity contribution is -0.139. The Morgan fingerprint density at radius 1 is 1.85 bits per heavy atom. The van der Waals surface area contributed by atoms with Gasteiger partial charge in [0.25, 0.3) is 0 Å². The molecule has 0 saturated heterocycles. The quantitative estimate of drug-likeness (QED) is 0.581. The van der Waals surface area contributed by atoms with Crippen molar-refractivity contribution in [3.05, 3.63) is 10.5 Å². The van der Waals surface area contributed by atoms with E-state index in [4.69, 9.17) is 16.7 Å². The maximum absolute atomic E-state index is 10.4. The standard InChI is InChI=1S/C6H5ClN2O3S/c7-4-1-8-6(13-4)9-3(2-10)5(11)12/h1-3H,(H,8,9)(H,11,12). The van der Waals surface area contributed by atoms with Crippen LogP contribution in [0.25, 0.3) is 0 Å². The average molecular weight is 221 g/mol. The number of rotatable bonds is 4. The molecule has 0 radical (unpaired) electrons. The summed E-state index contributed by atoms with van der Waals surface area (Å²) in [5.74, 6) is -1.25. The summed E-state index contributed by atoms with van der Waals surface area (Å²) in [6.07, 6.45) is 1.66. The summed E-state index contributed by atoms with van der Waals surface area (Å²) >= 11 is 6.62. The number of carboxylic acid groups (broad SMARTS) is 1. The van der Waals surface area contributed by atoms with Crippen LogP contribution in [0, 0.1) is 0 Å². The molecule has 0 amide bonds. The Kier molecular flexibility index (Phi) is 3.21. The average Bonchev–Trinajstić information content (AvgIpc) is 2.46.